The molecule has 0 heterocycles. The van der Waals surface area contributed by atoms with Crippen LogP contribution in [0.5, 0.6) is 5.75 Å². The van der Waals surface area contributed by atoms with Gasteiger partial charge < -0.3 is 15.0 Å². The van der Waals surface area contributed by atoms with Crippen LogP contribution in [-0.2, 0) is 22.6 Å². The SMILES string of the molecule is Cc1ccccc1OCC(=O)N(Cc1cccc(Br)c1)C(Cc1ccccc1)C(=O)NC(C)C. The van der Waals surface area contributed by atoms with E-state index in [-0.39, 0.29) is 24.5 Å². The number of rotatable bonds is 10. The normalized spacial score (nSPS) is 11.7. The Morgan fingerprint density at radius 2 is 1.62 bits per heavy atom. The van der Waals surface area contributed by atoms with Crippen molar-refractivity contribution in [2.45, 2.75) is 45.8 Å². The molecule has 178 valence electrons. The fourth-order valence-corrected chi connectivity index (χ4v) is 4.15. The van der Waals surface area contributed by atoms with Crippen LogP contribution in [0, 0.1) is 6.92 Å². The molecular formula is C28H31BrN2O3. The van der Waals surface area contributed by atoms with Crippen LogP contribution >= 0.6 is 15.9 Å². The molecule has 5 nitrogen and oxygen atoms in total. The Labute approximate surface area is 210 Å². The van der Waals surface area contributed by atoms with Gasteiger partial charge in [-0.15, -0.1) is 0 Å². The maximum atomic E-state index is 13.5. The van der Waals surface area contributed by atoms with E-state index in [2.05, 4.69) is 21.2 Å². The molecule has 0 saturated heterocycles. The van der Waals surface area contributed by atoms with Gasteiger partial charge in [-0.2, -0.15) is 0 Å². The predicted octanol–water partition coefficient (Wildman–Crippen LogP) is 5.30. The molecule has 0 bridgehead atoms. The summed E-state index contributed by atoms with van der Waals surface area (Å²) in [6.45, 7) is 5.91. The van der Waals surface area contributed by atoms with Crippen molar-refractivity contribution >= 4 is 27.7 Å². The molecule has 0 saturated carbocycles. The van der Waals surface area contributed by atoms with Gasteiger partial charge in [-0.25, -0.2) is 0 Å². The summed E-state index contributed by atoms with van der Waals surface area (Å²) >= 11 is 3.50. The summed E-state index contributed by atoms with van der Waals surface area (Å²) in [5.41, 5.74) is 2.86. The molecule has 0 spiro atoms. The second-order valence-electron chi connectivity index (χ2n) is 8.57. The van der Waals surface area contributed by atoms with Crippen LogP contribution in [0.3, 0.4) is 0 Å². The summed E-state index contributed by atoms with van der Waals surface area (Å²) in [6.07, 6.45) is 0.406. The van der Waals surface area contributed by atoms with Gasteiger partial charge in [0, 0.05) is 23.5 Å². The monoisotopic (exact) mass is 522 g/mol. The van der Waals surface area contributed by atoms with Gasteiger partial charge in [0.15, 0.2) is 6.61 Å². The second-order valence-corrected chi connectivity index (χ2v) is 9.49. The molecule has 0 aliphatic rings. The third-order valence-electron chi connectivity index (χ3n) is 5.39. The van der Waals surface area contributed by atoms with E-state index in [1.165, 1.54) is 0 Å². The summed E-state index contributed by atoms with van der Waals surface area (Å²) < 4.78 is 6.79. The van der Waals surface area contributed by atoms with E-state index in [0.717, 1.165) is 21.2 Å². The van der Waals surface area contributed by atoms with Crippen molar-refractivity contribution < 1.29 is 14.3 Å². The minimum absolute atomic E-state index is 0.0446. The highest BCUT2D eigenvalue weighted by Crippen LogP contribution is 2.20. The predicted molar refractivity (Wildman–Crippen MR) is 139 cm³/mol. The summed E-state index contributed by atoms with van der Waals surface area (Å²) in [7, 11) is 0. The zero-order valence-electron chi connectivity index (χ0n) is 19.8. The van der Waals surface area contributed by atoms with Crippen molar-refractivity contribution in [2.24, 2.45) is 0 Å². The average Bonchev–Trinajstić information content (AvgIpc) is 2.81. The minimum Gasteiger partial charge on any atom is -0.484 e. The molecule has 34 heavy (non-hydrogen) atoms. The number of nitrogens with one attached hydrogen (secondary N) is 1. The number of hydrogen-bond acceptors (Lipinski definition) is 3. The average molecular weight is 523 g/mol. The first-order chi connectivity index (χ1) is 16.3. The van der Waals surface area contributed by atoms with E-state index in [1.54, 1.807) is 4.90 Å². The lowest BCUT2D eigenvalue weighted by atomic mass is 10.0. The van der Waals surface area contributed by atoms with Gasteiger partial charge in [0.2, 0.25) is 5.91 Å². The van der Waals surface area contributed by atoms with E-state index in [9.17, 15) is 9.59 Å². The molecule has 3 aromatic rings. The van der Waals surface area contributed by atoms with E-state index < -0.39 is 6.04 Å². The van der Waals surface area contributed by atoms with Crippen molar-refractivity contribution in [3.8, 4) is 5.75 Å². The van der Waals surface area contributed by atoms with Crippen LogP contribution in [0.4, 0.5) is 0 Å². The highest BCUT2D eigenvalue weighted by molar-refractivity contribution is 9.10. The molecule has 1 N–H and O–H groups in total. The van der Waals surface area contributed by atoms with Crippen molar-refractivity contribution in [2.75, 3.05) is 6.61 Å². The van der Waals surface area contributed by atoms with Crippen molar-refractivity contribution in [1.29, 1.82) is 0 Å². The quantitative estimate of drug-likeness (QED) is 0.393. The molecular weight excluding hydrogens is 492 g/mol. The molecule has 0 aliphatic carbocycles. The van der Waals surface area contributed by atoms with Gasteiger partial charge in [-0.1, -0.05) is 76.6 Å². The summed E-state index contributed by atoms with van der Waals surface area (Å²) in [4.78, 5) is 28.5. The number of para-hydroxylation sites is 1. The molecule has 3 aromatic carbocycles. The molecule has 6 heteroatoms. The van der Waals surface area contributed by atoms with E-state index in [4.69, 9.17) is 4.74 Å². The summed E-state index contributed by atoms with van der Waals surface area (Å²) in [5.74, 6) is 0.227. The molecule has 0 radical (unpaired) electrons. The molecule has 1 atom stereocenters. The molecule has 3 rings (SSSR count). The van der Waals surface area contributed by atoms with Crippen LogP contribution in [0.15, 0.2) is 83.3 Å². The first-order valence-electron chi connectivity index (χ1n) is 11.4. The van der Waals surface area contributed by atoms with Crippen LogP contribution in [-0.4, -0.2) is 35.4 Å². The largest absolute Gasteiger partial charge is 0.484 e. The number of benzene rings is 3. The zero-order valence-corrected chi connectivity index (χ0v) is 21.4. The molecule has 0 aliphatic heterocycles. The third kappa shape index (κ3) is 7.45. The van der Waals surface area contributed by atoms with Crippen molar-refractivity contribution in [3.05, 3.63) is 100 Å². The Morgan fingerprint density at radius 1 is 0.941 bits per heavy atom. The van der Waals surface area contributed by atoms with Crippen molar-refractivity contribution in [3.63, 3.8) is 0 Å². The Kier molecular flexibility index (Phi) is 9.28. The topological polar surface area (TPSA) is 58.6 Å². The Balaban J connectivity index is 1.92. The van der Waals surface area contributed by atoms with Gasteiger partial charge in [-0.3, -0.25) is 9.59 Å². The zero-order chi connectivity index (χ0) is 24.5. The van der Waals surface area contributed by atoms with Gasteiger partial charge in [0.25, 0.3) is 5.91 Å². The van der Waals surface area contributed by atoms with Crippen LogP contribution in [0.1, 0.15) is 30.5 Å². The molecule has 0 aromatic heterocycles. The first-order valence-corrected chi connectivity index (χ1v) is 12.2. The first kappa shape index (κ1) is 25.5. The lowest BCUT2D eigenvalue weighted by molar-refractivity contribution is -0.143. The fourth-order valence-electron chi connectivity index (χ4n) is 3.71. The Bertz CT molecular complexity index is 1100. The minimum atomic E-state index is -0.684. The number of aryl methyl sites for hydroxylation is 1. The van der Waals surface area contributed by atoms with E-state index in [1.807, 2.05) is 99.6 Å². The number of amides is 2. The second kappa shape index (κ2) is 12.4. The van der Waals surface area contributed by atoms with Gasteiger partial charge >= 0.3 is 0 Å². The molecule has 1 unspecified atom stereocenters. The summed E-state index contributed by atoms with van der Waals surface area (Å²) in [5, 5.41) is 3.00. The van der Waals surface area contributed by atoms with E-state index >= 15 is 0 Å². The standard InChI is InChI=1S/C28H31BrN2O3/c1-20(2)30-28(33)25(17-22-11-5-4-6-12-22)31(18-23-13-9-14-24(29)16-23)27(32)19-34-26-15-8-7-10-21(26)3/h4-16,20,25H,17-19H2,1-3H3,(H,30,33). The lowest BCUT2D eigenvalue weighted by Gasteiger charge is -2.32. The van der Waals surface area contributed by atoms with Crippen LogP contribution < -0.4 is 10.1 Å². The van der Waals surface area contributed by atoms with Gasteiger partial charge in [0.05, 0.1) is 0 Å². The number of hydrogen-bond donors (Lipinski definition) is 1. The number of halogens is 1. The lowest BCUT2D eigenvalue weighted by Crippen LogP contribution is -2.52. The Morgan fingerprint density at radius 3 is 2.29 bits per heavy atom. The maximum absolute atomic E-state index is 13.5. The van der Waals surface area contributed by atoms with Gasteiger partial charge in [-0.05, 0) is 55.7 Å². The number of carbonyl (C=O) groups excluding carboxylic acids is 2. The smallest absolute Gasteiger partial charge is 0.261 e. The van der Waals surface area contributed by atoms with Crippen LogP contribution in [0.2, 0.25) is 0 Å². The molecule has 2 amide bonds. The highest BCUT2D eigenvalue weighted by atomic mass is 79.9. The van der Waals surface area contributed by atoms with E-state index in [0.29, 0.717) is 18.7 Å². The highest BCUT2D eigenvalue weighted by Gasteiger charge is 2.31. The number of nitrogens with zero attached hydrogens (tertiary/aromatic N) is 1. The van der Waals surface area contributed by atoms with Crippen molar-refractivity contribution in [1.82, 2.24) is 10.2 Å². The third-order valence-corrected chi connectivity index (χ3v) is 5.88. The maximum Gasteiger partial charge on any atom is 0.261 e. The Hall–Kier alpha value is -3.12. The van der Waals surface area contributed by atoms with Gasteiger partial charge in [0.1, 0.15) is 11.8 Å². The fraction of sp³-hybridized carbons (Fsp3) is 0.286. The number of carbonyl (C=O) groups is 2. The van der Waals surface area contributed by atoms with Crippen LogP contribution in [0.25, 0.3) is 0 Å². The molecule has 0 fully saturated rings. The summed E-state index contributed by atoms with van der Waals surface area (Å²) in [6, 6.07) is 24.4. The number of ether oxygens (including phenoxy) is 1.